The van der Waals surface area contributed by atoms with E-state index >= 15 is 0 Å². The molecule has 1 aliphatic heterocycles. The Morgan fingerprint density at radius 3 is 2.15 bits per heavy atom. The molecule has 0 saturated carbocycles. The number of aromatic nitrogens is 1. The van der Waals surface area contributed by atoms with Crippen molar-refractivity contribution >= 4 is 22.8 Å². The van der Waals surface area contributed by atoms with Gasteiger partial charge < -0.3 is 14.9 Å². The highest BCUT2D eigenvalue weighted by atomic mass is 32.2. The monoisotopic (exact) mass is 562 g/mol. The molecule has 2 atom stereocenters. The molecule has 0 radical (unpaired) electrons. The normalized spacial score (nSPS) is 15.9. The smallest absolute Gasteiger partial charge is 0.271 e. The van der Waals surface area contributed by atoms with Crippen LogP contribution in [0.15, 0.2) is 54.6 Å². The van der Waals surface area contributed by atoms with E-state index in [1.165, 1.54) is 4.90 Å². The SMILES string of the molecule is CN(C)C(=O)c1ccc(-c2cccc(-c3nc(C(=O)N(C)C)cc4c3[C@@H](CCO)N([S@](=O)C(C)(C)C)C4)c2)cc1. The van der Waals surface area contributed by atoms with E-state index < -0.39 is 15.7 Å². The number of carbonyl (C=O) groups excluding carboxylic acids is 2. The molecular weight excluding hydrogens is 524 g/mol. The molecule has 0 fully saturated rings. The fourth-order valence-corrected chi connectivity index (χ4v) is 6.34. The summed E-state index contributed by atoms with van der Waals surface area (Å²) in [4.78, 5) is 33.3. The van der Waals surface area contributed by atoms with Gasteiger partial charge in [0.2, 0.25) is 0 Å². The number of hydrogen-bond donors (Lipinski definition) is 1. The highest BCUT2D eigenvalue weighted by Crippen LogP contribution is 2.44. The third kappa shape index (κ3) is 5.87. The van der Waals surface area contributed by atoms with Crippen LogP contribution in [0.3, 0.4) is 0 Å². The van der Waals surface area contributed by atoms with Crippen LogP contribution in [0.4, 0.5) is 0 Å². The minimum absolute atomic E-state index is 0.0606. The molecule has 8 nitrogen and oxygen atoms in total. The third-order valence-electron chi connectivity index (χ3n) is 6.92. The molecule has 0 bridgehead atoms. The first kappa shape index (κ1) is 29.6. The lowest BCUT2D eigenvalue weighted by Gasteiger charge is -2.30. The summed E-state index contributed by atoms with van der Waals surface area (Å²) in [7, 11) is 5.50. The first-order chi connectivity index (χ1) is 18.8. The average Bonchev–Trinajstić information content (AvgIpc) is 3.29. The summed E-state index contributed by atoms with van der Waals surface area (Å²) in [6.07, 6.45) is 0.394. The lowest BCUT2D eigenvalue weighted by atomic mass is 9.94. The van der Waals surface area contributed by atoms with Crippen molar-refractivity contribution in [1.82, 2.24) is 19.1 Å². The first-order valence-electron chi connectivity index (χ1n) is 13.3. The Kier molecular flexibility index (Phi) is 8.58. The molecule has 1 aliphatic rings. The van der Waals surface area contributed by atoms with Gasteiger partial charge in [0.15, 0.2) is 0 Å². The van der Waals surface area contributed by atoms with Crippen LogP contribution in [0.2, 0.25) is 0 Å². The van der Waals surface area contributed by atoms with Crippen LogP contribution in [0, 0.1) is 0 Å². The molecule has 40 heavy (non-hydrogen) atoms. The van der Waals surface area contributed by atoms with E-state index in [0.29, 0.717) is 29.9 Å². The molecule has 2 amide bonds. The summed E-state index contributed by atoms with van der Waals surface area (Å²) in [6, 6.07) is 16.9. The maximum atomic E-state index is 13.6. The molecule has 0 unspecified atom stereocenters. The first-order valence-corrected chi connectivity index (χ1v) is 14.4. The maximum absolute atomic E-state index is 13.6. The number of fused-ring (bicyclic) bond motifs is 1. The minimum atomic E-state index is -1.34. The number of nitrogens with zero attached hydrogens (tertiary/aromatic N) is 4. The van der Waals surface area contributed by atoms with Gasteiger partial charge in [-0.2, -0.15) is 0 Å². The van der Waals surface area contributed by atoms with Crippen LogP contribution >= 0.6 is 0 Å². The Labute approximate surface area is 239 Å². The van der Waals surface area contributed by atoms with Gasteiger partial charge in [0, 0.05) is 58.0 Å². The van der Waals surface area contributed by atoms with Crippen LogP contribution in [0.1, 0.15) is 65.2 Å². The lowest BCUT2D eigenvalue weighted by molar-refractivity contribution is 0.0817. The second kappa shape index (κ2) is 11.6. The molecule has 0 spiro atoms. The zero-order valence-corrected chi connectivity index (χ0v) is 25.1. The predicted octanol–water partition coefficient (Wildman–Crippen LogP) is 4.52. The Balaban J connectivity index is 1.85. The molecule has 212 valence electrons. The van der Waals surface area contributed by atoms with Crippen molar-refractivity contribution in [3.8, 4) is 22.4 Å². The third-order valence-corrected chi connectivity index (χ3v) is 8.78. The number of carbonyl (C=O) groups is 2. The number of benzene rings is 2. The fraction of sp³-hybridized carbons (Fsp3) is 0.387. The number of aliphatic hydroxyl groups excluding tert-OH is 1. The second-order valence-electron chi connectivity index (χ2n) is 11.5. The van der Waals surface area contributed by atoms with Crippen molar-refractivity contribution < 1.29 is 18.9 Å². The quantitative estimate of drug-likeness (QED) is 0.457. The number of rotatable bonds is 7. The number of amides is 2. The predicted molar refractivity (Wildman–Crippen MR) is 159 cm³/mol. The molecule has 3 aromatic rings. The zero-order valence-electron chi connectivity index (χ0n) is 24.3. The Morgan fingerprint density at radius 2 is 1.57 bits per heavy atom. The Morgan fingerprint density at radius 1 is 0.950 bits per heavy atom. The van der Waals surface area contributed by atoms with Gasteiger partial charge in [-0.25, -0.2) is 13.5 Å². The van der Waals surface area contributed by atoms with Gasteiger partial charge in [-0.3, -0.25) is 9.59 Å². The van der Waals surface area contributed by atoms with Crippen LogP contribution in [0.25, 0.3) is 22.4 Å². The zero-order chi connectivity index (χ0) is 29.4. The van der Waals surface area contributed by atoms with Crippen LogP contribution < -0.4 is 0 Å². The highest BCUT2D eigenvalue weighted by molar-refractivity contribution is 7.84. The van der Waals surface area contributed by atoms with Crippen LogP contribution in [-0.4, -0.2) is 79.8 Å². The van der Waals surface area contributed by atoms with Crippen molar-refractivity contribution in [3.63, 3.8) is 0 Å². The fourth-order valence-electron chi connectivity index (χ4n) is 4.94. The van der Waals surface area contributed by atoms with Crippen molar-refractivity contribution in [1.29, 1.82) is 0 Å². The highest BCUT2D eigenvalue weighted by Gasteiger charge is 2.40. The maximum Gasteiger partial charge on any atom is 0.271 e. The van der Waals surface area contributed by atoms with Gasteiger partial charge in [-0.1, -0.05) is 30.3 Å². The molecule has 1 N–H and O–H groups in total. The van der Waals surface area contributed by atoms with E-state index in [1.807, 2.05) is 73.6 Å². The van der Waals surface area contributed by atoms with E-state index in [1.54, 1.807) is 39.2 Å². The summed E-state index contributed by atoms with van der Waals surface area (Å²) in [6.45, 7) is 6.13. The number of pyridine rings is 1. The minimum Gasteiger partial charge on any atom is -0.396 e. The summed E-state index contributed by atoms with van der Waals surface area (Å²) < 4.78 is 15.0. The van der Waals surface area contributed by atoms with Crippen molar-refractivity contribution in [2.75, 3.05) is 34.8 Å². The van der Waals surface area contributed by atoms with Crippen LogP contribution in [-0.2, 0) is 17.5 Å². The Hall–Kier alpha value is -3.40. The summed E-state index contributed by atoms with van der Waals surface area (Å²) in [5.74, 6) is -0.273. The molecule has 0 aliphatic carbocycles. The second-order valence-corrected chi connectivity index (χ2v) is 13.6. The van der Waals surface area contributed by atoms with Gasteiger partial charge in [-0.05, 0) is 68.1 Å². The van der Waals surface area contributed by atoms with E-state index in [2.05, 4.69) is 0 Å². The molecule has 0 saturated heterocycles. The van der Waals surface area contributed by atoms with Gasteiger partial charge in [0.05, 0.1) is 16.5 Å². The standard InChI is InChI=1S/C31H38N4O4S/c1-31(2,3)40(39)35-19-24-18-25(30(38)34(6)7)32-28(27(24)26(35)15-16-36)23-10-8-9-22(17-23)20-11-13-21(14-12-20)29(37)33(4)5/h8-14,17-18,26,36H,15-16,19H2,1-7H3/t26-,40-/m1/s1. The summed E-state index contributed by atoms with van der Waals surface area (Å²) in [5, 5.41) is 9.99. The van der Waals surface area contributed by atoms with Crippen molar-refractivity contribution in [2.24, 2.45) is 0 Å². The van der Waals surface area contributed by atoms with Gasteiger partial charge >= 0.3 is 0 Å². The van der Waals surface area contributed by atoms with E-state index in [9.17, 15) is 18.9 Å². The van der Waals surface area contributed by atoms with Gasteiger partial charge in [0.25, 0.3) is 11.8 Å². The summed E-state index contributed by atoms with van der Waals surface area (Å²) in [5.41, 5.74) is 6.07. The van der Waals surface area contributed by atoms with Crippen molar-refractivity contribution in [3.05, 3.63) is 77.0 Å². The van der Waals surface area contributed by atoms with Crippen LogP contribution in [0.5, 0.6) is 0 Å². The van der Waals surface area contributed by atoms with E-state index in [-0.39, 0.29) is 24.5 Å². The number of aliphatic hydroxyl groups is 1. The Bertz CT molecular complexity index is 1440. The lowest BCUT2D eigenvalue weighted by Crippen LogP contribution is -2.36. The van der Waals surface area contributed by atoms with E-state index in [4.69, 9.17) is 4.98 Å². The molecule has 1 aromatic heterocycles. The van der Waals surface area contributed by atoms with E-state index in [0.717, 1.165) is 27.8 Å². The summed E-state index contributed by atoms with van der Waals surface area (Å²) >= 11 is 0. The van der Waals surface area contributed by atoms with Gasteiger partial charge in [0.1, 0.15) is 16.7 Å². The molecule has 2 aromatic carbocycles. The molecule has 9 heteroatoms. The van der Waals surface area contributed by atoms with Gasteiger partial charge in [-0.15, -0.1) is 0 Å². The average molecular weight is 563 g/mol. The number of hydrogen-bond acceptors (Lipinski definition) is 5. The largest absolute Gasteiger partial charge is 0.396 e. The molecule has 4 rings (SSSR count). The van der Waals surface area contributed by atoms with Crippen molar-refractivity contribution in [2.45, 2.75) is 44.5 Å². The topological polar surface area (TPSA) is 94.1 Å². The molecule has 2 heterocycles. The molecular formula is C31H38N4O4S.